The summed E-state index contributed by atoms with van der Waals surface area (Å²) in [6.45, 7) is 1.90. The van der Waals surface area contributed by atoms with Crippen LogP contribution in [0.1, 0.15) is 17.2 Å². The average molecular weight is 205 g/mol. The van der Waals surface area contributed by atoms with Gasteiger partial charge in [-0.15, -0.1) is 0 Å². The first-order valence-electron chi connectivity index (χ1n) is 4.58. The smallest absolute Gasteiger partial charge is 0.336 e. The molecular formula is C11H11NO3. The molecule has 0 saturated carbocycles. The third kappa shape index (κ3) is 1.49. The number of anilines is 1. The molecule has 1 aliphatic rings. The van der Waals surface area contributed by atoms with Crippen LogP contribution in [0.25, 0.3) is 0 Å². The summed E-state index contributed by atoms with van der Waals surface area (Å²) >= 11 is 0. The number of hydrogen-bond donors (Lipinski definition) is 3. The van der Waals surface area contributed by atoms with Crippen molar-refractivity contribution in [3.8, 4) is 0 Å². The molecule has 1 atom stereocenters. The van der Waals surface area contributed by atoms with Gasteiger partial charge < -0.3 is 15.5 Å². The highest BCUT2D eigenvalue weighted by atomic mass is 16.4. The van der Waals surface area contributed by atoms with Crippen LogP contribution in [-0.4, -0.2) is 16.2 Å². The van der Waals surface area contributed by atoms with Gasteiger partial charge in [-0.25, -0.2) is 4.79 Å². The van der Waals surface area contributed by atoms with Gasteiger partial charge in [-0.1, -0.05) is 18.2 Å². The minimum Gasteiger partial charge on any atom is -0.478 e. The number of nitrogens with one attached hydrogen (secondary N) is 1. The maximum atomic E-state index is 10.8. The van der Waals surface area contributed by atoms with Gasteiger partial charge in [-0.3, -0.25) is 0 Å². The van der Waals surface area contributed by atoms with Crippen LogP contribution in [0.15, 0.2) is 30.0 Å². The first-order valence-corrected chi connectivity index (χ1v) is 4.58. The number of hydrogen-bond acceptors (Lipinski definition) is 3. The van der Waals surface area contributed by atoms with E-state index < -0.39 is 12.1 Å². The second-order valence-electron chi connectivity index (χ2n) is 3.49. The number of benzene rings is 1. The highest BCUT2D eigenvalue weighted by molar-refractivity contribution is 5.90. The molecule has 1 aromatic carbocycles. The summed E-state index contributed by atoms with van der Waals surface area (Å²) in [7, 11) is 0. The van der Waals surface area contributed by atoms with Crippen LogP contribution < -0.4 is 5.32 Å². The number of carbonyl (C=O) groups is 1. The first kappa shape index (κ1) is 9.73. The van der Waals surface area contributed by atoms with E-state index in [1.165, 1.54) is 6.20 Å². The molecule has 3 N–H and O–H groups in total. The van der Waals surface area contributed by atoms with Gasteiger partial charge in [0.05, 0.1) is 5.57 Å². The third-order valence-electron chi connectivity index (χ3n) is 2.51. The second kappa shape index (κ2) is 3.40. The molecule has 0 radical (unpaired) electrons. The molecule has 0 fully saturated rings. The van der Waals surface area contributed by atoms with Crippen LogP contribution in [0.5, 0.6) is 0 Å². The van der Waals surface area contributed by atoms with Crippen LogP contribution in [0.3, 0.4) is 0 Å². The van der Waals surface area contributed by atoms with Crippen molar-refractivity contribution in [3.05, 3.63) is 41.1 Å². The van der Waals surface area contributed by atoms with Crippen molar-refractivity contribution in [1.82, 2.24) is 0 Å². The number of para-hydroxylation sites is 1. The lowest BCUT2D eigenvalue weighted by molar-refractivity contribution is -0.133. The van der Waals surface area contributed by atoms with E-state index in [1.54, 1.807) is 12.1 Å². The molecule has 1 heterocycles. The SMILES string of the molecule is Cc1cccc2c1NC=C(C(=O)O)C2O. The van der Waals surface area contributed by atoms with Gasteiger partial charge in [-0.2, -0.15) is 0 Å². The summed E-state index contributed by atoms with van der Waals surface area (Å²) in [5.74, 6) is -1.11. The van der Waals surface area contributed by atoms with Gasteiger partial charge in [0.2, 0.25) is 0 Å². The van der Waals surface area contributed by atoms with Crippen molar-refractivity contribution in [2.24, 2.45) is 0 Å². The summed E-state index contributed by atoms with van der Waals surface area (Å²) in [6, 6.07) is 5.41. The zero-order chi connectivity index (χ0) is 11.0. The van der Waals surface area contributed by atoms with Crippen LogP contribution in [0.4, 0.5) is 5.69 Å². The summed E-state index contributed by atoms with van der Waals surface area (Å²) in [5, 5.41) is 21.6. The molecule has 1 aromatic rings. The van der Waals surface area contributed by atoms with E-state index in [1.807, 2.05) is 13.0 Å². The Labute approximate surface area is 86.9 Å². The lowest BCUT2D eigenvalue weighted by atomic mass is 9.95. The Kier molecular flexibility index (Phi) is 2.21. The minimum absolute atomic E-state index is 0.0342. The topological polar surface area (TPSA) is 69.6 Å². The molecule has 4 heteroatoms. The molecule has 78 valence electrons. The Morgan fingerprint density at radius 2 is 2.20 bits per heavy atom. The maximum absolute atomic E-state index is 10.8. The Balaban J connectivity index is 2.50. The molecule has 15 heavy (non-hydrogen) atoms. The number of carboxylic acids is 1. The maximum Gasteiger partial charge on any atom is 0.336 e. The summed E-state index contributed by atoms with van der Waals surface area (Å²) in [5.41, 5.74) is 2.34. The zero-order valence-electron chi connectivity index (χ0n) is 8.19. The Bertz CT molecular complexity index is 451. The molecule has 2 rings (SSSR count). The highest BCUT2D eigenvalue weighted by Crippen LogP contribution is 2.34. The fraction of sp³-hybridized carbons (Fsp3) is 0.182. The van der Waals surface area contributed by atoms with Crippen molar-refractivity contribution in [1.29, 1.82) is 0 Å². The molecule has 1 aliphatic heterocycles. The largest absolute Gasteiger partial charge is 0.478 e. The Hall–Kier alpha value is -1.81. The van der Waals surface area contributed by atoms with Crippen molar-refractivity contribution >= 4 is 11.7 Å². The van der Waals surface area contributed by atoms with Crippen molar-refractivity contribution in [2.45, 2.75) is 13.0 Å². The quantitative estimate of drug-likeness (QED) is 0.648. The zero-order valence-corrected chi connectivity index (χ0v) is 8.19. The molecule has 0 aromatic heterocycles. The van der Waals surface area contributed by atoms with Gasteiger partial charge in [0.1, 0.15) is 6.10 Å². The lowest BCUT2D eigenvalue weighted by Crippen LogP contribution is -2.18. The molecule has 0 spiro atoms. The van der Waals surface area contributed by atoms with Gasteiger partial charge in [0.15, 0.2) is 0 Å². The predicted octanol–water partition coefficient (Wildman–Crippen LogP) is 1.42. The van der Waals surface area contributed by atoms with Crippen molar-refractivity contribution in [2.75, 3.05) is 5.32 Å². The van der Waals surface area contributed by atoms with Gasteiger partial charge in [0.25, 0.3) is 0 Å². The van der Waals surface area contributed by atoms with Crippen molar-refractivity contribution in [3.63, 3.8) is 0 Å². The molecule has 0 aliphatic carbocycles. The van der Waals surface area contributed by atoms with E-state index >= 15 is 0 Å². The summed E-state index contributed by atoms with van der Waals surface area (Å²) in [6.07, 6.45) is 0.279. The lowest BCUT2D eigenvalue weighted by Gasteiger charge is -2.22. The van der Waals surface area contributed by atoms with E-state index in [4.69, 9.17) is 5.11 Å². The summed E-state index contributed by atoms with van der Waals surface area (Å²) in [4.78, 5) is 10.8. The molecule has 0 bridgehead atoms. The molecular weight excluding hydrogens is 194 g/mol. The second-order valence-corrected chi connectivity index (χ2v) is 3.49. The molecule has 1 unspecified atom stereocenters. The number of fused-ring (bicyclic) bond motifs is 1. The van der Waals surface area contributed by atoms with Crippen molar-refractivity contribution < 1.29 is 15.0 Å². The molecule has 4 nitrogen and oxygen atoms in total. The number of rotatable bonds is 1. The van der Waals surface area contributed by atoms with Crippen LogP contribution in [0, 0.1) is 6.92 Å². The number of carboxylic acid groups (broad SMARTS) is 1. The number of aliphatic hydroxyl groups is 1. The third-order valence-corrected chi connectivity index (χ3v) is 2.51. The van der Waals surface area contributed by atoms with Crippen LogP contribution >= 0.6 is 0 Å². The van der Waals surface area contributed by atoms with E-state index in [-0.39, 0.29) is 5.57 Å². The Morgan fingerprint density at radius 1 is 1.47 bits per heavy atom. The minimum atomic E-state index is -1.11. The van der Waals surface area contributed by atoms with Crippen LogP contribution in [0.2, 0.25) is 0 Å². The fourth-order valence-electron chi connectivity index (χ4n) is 1.69. The van der Waals surface area contributed by atoms with E-state index in [9.17, 15) is 9.90 Å². The van der Waals surface area contributed by atoms with E-state index in [0.29, 0.717) is 5.56 Å². The summed E-state index contributed by atoms with van der Waals surface area (Å²) < 4.78 is 0. The number of aryl methyl sites for hydroxylation is 1. The monoisotopic (exact) mass is 205 g/mol. The Morgan fingerprint density at radius 3 is 2.87 bits per heavy atom. The van der Waals surface area contributed by atoms with E-state index in [2.05, 4.69) is 5.32 Å². The van der Waals surface area contributed by atoms with Gasteiger partial charge in [-0.05, 0) is 12.5 Å². The van der Waals surface area contributed by atoms with E-state index in [0.717, 1.165) is 11.3 Å². The normalized spacial score (nSPS) is 18.8. The number of aliphatic hydroxyl groups excluding tert-OH is 1. The highest BCUT2D eigenvalue weighted by Gasteiger charge is 2.26. The van der Waals surface area contributed by atoms with Gasteiger partial charge >= 0.3 is 5.97 Å². The molecule has 0 amide bonds. The molecule has 0 saturated heterocycles. The standard InChI is InChI=1S/C11H11NO3/c1-6-3-2-4-7-9(6)12-5-8(10(7)13)11(14)15/h2-5,10,12-13H,1H3,(H,14,15). The average Bonchev–Trinajstić information content (AvgIpc) is 2.19. The fourth-order valence-corrected chi connectivity index (χ4v) is 1.69. The van der Waals surface area contributed by atoms with Crippen LogP contribution in [-0.2, 0) is 4.79 Å². The van der Waals surface area contributed by atoms with Gasteiger partial charge in [0, 0.05) is 17.5 Å². The first-order chi connectivity index (χ1) is 7.11. The number of aliphatic carboxylic acids is 1. The predicted molar refractivity (Wildman–Crippen MR) is 55.5 cm³/mol.